The van der Waals surface area contributed by atoms with E-state index in [9.17, 15) is 4.79 Å². The summed E-state index contributed by atoms with van der Waals surface area (Å²) in [5.41, 5.74) is -0.459. The molecule has 0 bridgehead atoms. The van der Waals surface area contributed by atoms with Crippen LogP contribution in [0.4, 0.5) is 0 Å². The molecule has 0 aliphatic rings. The summed E-state index contributed by atoms with van der Waals surface area (Å²) in [6, 6.07) is 0. The second-order valence-corrected chi connectivity index (χ2v) is 4.70. The van der Waals surface area contributed by atoms with Gasteiger partial charge in [0, 0.05) is 12.4 Å². The number of alkyl halides is 1. The summed E-state index contributed by atoms with van der Waals surface area (Å²) in [6.45, 7) is 5.40. The zero-order chi connectivity index (χ0) is 11.2. The molecular weight excluding hydrogens is 200 g/mol. The lowest BCUT2D eigenvalue weighted by atomic mass is 9.95. The highest BCUT2D eigenvalue weighted by Crippen LogP contribution is 2.16. The molecule has 3 nitrogen and oxygen atoms in total. The molecule has 0 rings (SSSR count). The number of rotatable bonds is 6. The Hall–Kier alpha value is -0.280. The molecule has 0 radical (unpaired) electrons. The van der Waals surface area contributed by atoms with Crippen molar-refractivity contribution in [1.29, 1.82) is 0 Å². The van der Waals surface area contributed by atoms with Gasteiger partial charge in [0.15, 0.2) is 0 Å². The molecule has 4 heteroatoms. The maximum Gasteiger partial charge on any atom is 0.226 e. The van der Waals surface area contributed by atoms with Crippen LogP contribution in [0.5, 0.6) is 0 Å². The van der Waals surface area contributed by atoms with Crippen LogP contribution >= 0.6 is 11.6 Å². The Morgan fingerprint density at radius 3 is 2.43 bits per heavy atom. The number of halogens is 1. The average molecular weight is 221 g/mol. The van der Waals surface area contributed by atoms with Crippen LogP contribution in [0.3, 0.4) is 0 Å². The highest BCUT2D eigenvalue weighted by Gasteiger charge is 2.25. The molecule has 14 heavy (non-hydrogen) atoms. The second kappa shape index (κ2) is 6.25. The molecule has 0 saturated carbocycles. The summed E-state index contributed by atoms with van der Waals surface area (Å²) in [5.74, 6) is 0.387. The summed E-state index contributed by atoms with van der Waals surface area (Å²) in [7, 11) is 4.04. The first kappa shape index (κ1) is 13.7. The Kier molecular flexibility index (Phi) is 6.12. The van der Waals surface area contributed by atoms with E-state index in [1.807, 2.05) is 27.9 Å². The van der Waals surface area contributed by atoms with Gasteiger partial charge >= 0.3 is 0 Å². The van der Waals surface area contributed by atoms with E-state index in [0.29, 0.717) is 5.88 Å². The van der Waals surface area contributed by atoms with E-state index >= 15 is 0 Å². The van der Waals surface area contributed by atoms with Crippen molar-refractivity contribution < 1.29 is 4.79 Å². The first-order valence-electron chi connectivity index (χ1n) is 4.89. The maximum atomic E-state index is 11.5. The number of carbonyl (C=O) groups is 1. The molecule has 0 fully saturated rings. The van der Waals surface area contributed by atoms with Crippen molar-refractivity contribution >= 4 is 17.5 Å². The lowest BCUT2D eigenvalue weighted by molar-refractivity contribution is -0.128. The fourth-order valence-corrected chi connectivity index (χ4v) is 1.02. The lowest BCUT2D eigenvalue weighted by Crippen LogP contribution is -2.39. The number of nitrogens with zero attached hydrogens (tertiary/aromatic N) is 1. The van der Waals surface area contributed by atoms with Crippen LogP contribution in [0.2, 0.25) is 0 Å². The topological polar surface area (TPSA) is 32.3 Å². The summed E-state index contributed by atoms with van der Waals surface area (Å²) in [6.07, 6.45) is 0.969. The Balaban J connectivity index is 3.64. The SMILES string of the molecule is CN(C)CCCNC(=O)C(C)(C)CCl. The van der Waals surface area contributed by atoms with Crippen molar-refractivity contribution in [3.8, 4) is 0 Å². The van der Waals surface area contributed by atoms with E-state index in [0.717, 1.165) is 19.5 Å². The number of hydrogen-bond acceptors (Lipinski definition) is 2. The van der Waals surface area contributed by atoms with E-state index < -0.39 is 5.41 Å². The molecule has 0 aliphatic carbocycles. The Labute approximate surface area is 91.8 Å². The number of hydrogen-bond donors (Lipinski definition) is 1. The highest BCUT2D eigenvalue weighted by atomic mass is 35.5. The molecule has 0 heterocycles. The van der Waals surface area contributed by atoms with Crippen LogP contribution < -0.4 is 5.32 Å². The standard InChI is InChI=1S/C10H21ClN2O/c1-10(2,8-11)9(14)12-6-5-7-13(3)4/h5-8H2,1-4H3,(H,12,14). The normalized spacial score (nSPS) is 11.9. The van der Waals surface area contributed by atoms with Crippen molar-refractivity contribution in [2.45, 2.75) is 20.3 Å². The van der Waals surface area contributed by atoms with Crippen LogP contribution in [0.1, 0.15) is 20.3 Å². The molecular formula is C10H21ClN2O. The first-order chi connectivity index (χ1) is 6.40. The minimum Gasteiger partial charge on any atom is -0.356 e. The molecule has 0 aliphatic heterocycles. The van der Waals surface area contributed by atoms with Gasteiger partial charge in [-0.05, 0) is 40.9 Å². The fourth-order valence-electron chi connectivity index (χ4n) is 0.897. The second-order valence-electron chi connectivity index (χ2n) is 4.43. The van der Waals surface area contributed by atoms with E-state index in [4.69, 9.17) is 11.6 Å². The molecule has 0 saturated heterocycles. The molecule has 84 valence electrons. The van der Waals surface area contributed by atoms with Crippen LogP contribution in [-0.4, -0.2) is 43.9 Å². The smallest absolute Gasteiger partial charge is 0.226 e. The number of amides is 1. The van der Waals surface area contributed by atoms with Gasteiger partial charge in [-0.25, -0.2) is 0 Å². The van der Waals surface area contributed by atoms with Gasteiger partial charge in [0.25, 0.3) is 0 Å². The van der Waals surface area contributed by atoms with Gasteiger partial charge in [0.2, 0.25) is 5.91 Å². The highest BCUT2D eigenvalue weighted by molar-refractivity contribution is 6.19. The molecule has 0 aromatic rings. The van der Waals surface area contributed by atoms with E-state index in [1.165, 1.54) is 0 Å². The molecule has 1 N–H and O–H groups in total. The monoisotopic (exact) mass is 220 g/mol. The summed E-state index contributed by atoms with van der Waals surface area (Å²) in [4.78, 5) is 13.6. The summed E-state index contributed by atoms with van der Waals surface area (Å²) < 4.78 is 0. The summed E-state index contributed by atoms with van der Waals surface area (Å²) >= 11 is 5.68. The van der Waals surface area contributed by atoms with Gasteiger partial charge in [-0.15, -0.1) is 11.6 Å². The van der Waals surface area contributed by atoms with Crippen molar-refractivity contribution in [3.63, 3.8) is 0 Å². The zero-order valence-electron chi connectivity index (χ0n) is 9.56. The largest absolute Gasteiger partial charge is 0.356 e. The van der Waals surface area contributed by atoms with E-state index in [2.05, 4.69) is 10.2 Å². The maximum absolute atomic E-state index is 11.5. The Morgan fingerprint density at radius 2 is 2.00 bits per heavy atom. The van der Waals surface area contributed by atoms with Gasteiger partial charge in [-0.2, -0.15) is 0 Å². The minimum absolute atomic E-state index is 0.0336. The predicted molar refractivity (Wildman–Crippen MR) is 60.7 cm³/mol. The number of carbonyl (C=O) groups excluding carboxylic acids is 1. The molecule has 0 spiro atoms. The quantitative estimate of drug-likeness (QED) is 0.541. The van der Waals surface area contributed by atoms with Crippen molar-refractivity contribution in [2.24, 2.45) is 5.41 Å². The first-order valence-corrected chi connectivity index (χ1v) is 5.42. The van der Waals surface area contributed by atoms with Gasteiger partial charge in [0.05, 0.1) is 5.41 Å². The Morgan fingerprint density at radius 1 is 1.43 bits per heavy atom. The molecule has 1 amide bonds. The van der Waals surface area contributed by atoms with Gasteiger partial charge in [0.1, 0.15) is 0 Å². The van der Waals surface area contributed by atoms with Crippen LogP contribution in [0.15, 0.2) is 0 Å². The number of nitrogens with one attached hydrogen (secondary N) is 1. The molecule has 0 atom stereocenters. The van der Waals surface area contributed by atoms with E-state index in [-0.39, 0.29) is 5.91 Å². The van der Waals surface area contributed by atoms with E-state index in [1.54, 1.807) is 0 Å². The third-order valence-electron chi connectivity index (χ3n) is 2.02. The van der Waals surface area contributed by atoms with Crippen LogP contribution in [-0.2, 0) is 4.79 Å². The lowest BCUT2D eigenvalue weighted by Gasteiger charge is -2.20. The molecule has 0 aromatic heterocycles. The average Bonchev–Trinajstić information content (AvgIpc) is 2.11. The third-order valence-corrected chi connectivity index (χ3v) is 2.68. The van der Waals surface area contributed by atoms with Crippen LogP contribution in [0, 0.1) is 5.41 Å². The van der Waals surface area contributed by atoms with Crippen molar-refractivity contribution in [1.82, 2.24) is 10.2 Å². The van der Waals surface area contributed by atoms with Gasteiger partial charge in [-0.3, -0.25) is 4.79 Å². The molecule has 0 unspecified atom stereocenters. The third kappa shape index (κ3) is 5.45. The fraction of sp³-hybridized carbons (Fsp3) is 0.900. The van der Waals surface area contributed by atoms with Crippen molar-refractivity contribution in [2.75, 3.05) is 33.1 Å². The zero-order valence-corrected chi connectivity index (χ0v) is 10.3. The Bertz CT molecular complexity index is 181. The van der Waals surface area contributed by atoms with Crippen molar-refractivity contribution in [3.05, 3.63) is 0 Å². The van der Waals surface area contributed by atoms with Gasteiger partial charge in [-0.1, -0.05) is 0 Å². The predicted octanol–water partition coefficient (Wildman–Crippen LogP) is 1.32. The molecule has 0 aromatic carbocycles. The van der Waals surface area contributed by atoms with Crippen LogP contribution in [0.25, 0.3) is 0 Å². The van der Waals surface area contributed by atoms with Gasteiger partial charge < -0.3 is 10.2 Å². The minimum atomic E-state index is -0.459. The summed E-state index contributed by atoms with van der Waals surface area (Å²) in [5, 5.41) is 2.88.